The molecule has 3 unspecified atom stereocenters. The van der Waals surface area contributed by atoms with Gasteiger partial charge in [-0.15, -0.1) is 11.3 Å². The van der Waals surface area contributed by atoms with Gasteiger partial charge in [-0.3, -0.25) is 19.3 Å². The summed E-state index contributed by atoms with van der Waals surface area (Å²) in [5, 5.41) is 2.36. The Morgan fingerprint density at radius 2 is 2.07 bits per heavy atom. The molecule has 9 heteroatoms. The lowest BCUT2D eigenvalue weighted by atomic mass is 10.2. The fourth-order valence-corrected chi connectivity index (χ4v) is 4.27. The summed E-state index contributed by atoms with van der Waals surface area (Å²) in [6.45, 7) is 7.06. The molecule has 8 nitrogen and oxygen atoms in total. The number of rotatable bonds is 5. The molecule has 0 saturated carbocycles. The van der Waals surface area contributed by atoms with Crippen molar-refractivity contribution in [2.45, 2.75) is 58.3 Å². The second kappa shape index (κ2) is 8.35. The number of aromatic nitrogens is 1. The number of hydrogen-bond acceptors (Lipinski definition) is 7. The quantitative estimate of drug-likeness (QED) is 0.700. The number of morpholine rings is 1. The summed E-state index contributed by atoms with van der Waals surface area (Å²) in [5.41, 5.74) is 0.549. The highest BCUT2D eigenvalue weighted by Crippen LogP contribution is 2.25. The second-order valence-electron chi connectivity index (χ2n) is 7.08. The fourth-order valence-electron chi connectivity index (χ4n) is 3.40. The smallest absolute Gasteiger partial charge is 0.312 e. The lowest BCUT2D eigenvalue weighted by Crippen LogP contribution is -2.51. The van der Waals surface area contributed by atoms with Crippen LogP contribution < -0.4 is 4.90 Å². The maximum Gasteiger partial charge on any atom is 0.312 e. The molecule has 1 aromatic heterocycles. The molecule has 0 radical (unpaired) electrons. The van der Waals surface area contributed by atoms with Gasteiger partial charge in [0, 0.05) is 31.4 Å². The van der Waals surface area contributed by atoms with E-state index in [1.165, 1.54) is 11.3 Å². The topological polar surface area (TPSA) is 89.0 Å². The van der Waals surface area contributed by atoms with Gasteiger partial charge in [0.15, 0.2) is 11.2 Å². The lowest BCUT2D eigenvalue weighted by Gasteiger charge is -2.36. The normalized spacial score (nSPS) is 24.2. The van der Waals surface area contributed by atoms with Crippen LogP contribution in [-0.2, 0) is 30.3 Å². The zero-order valence-electron chi connectivity index (χ0n) is 15.8. The van der Waals surface area contributed by atoms with Crippen LogP contribution in [0.4, 0.5) is 5.13 Å². The van der Waals surface area contributed by atoms with Crippen LogP contribution in [0.5, 0.6) is 0 Å². The highest BCUT2D eigenvalue weighted by Gasteiger charge is 2.30. The van der Waals surface area contributed by atoms with Gasteiger partial charge in [-0.1, -0.05) is 0 Å². The zero-order valence-corrected chi connectivity index (χ0v) is 16.7. The van der Waals surface area contributed by atoms with Gasteiger partial charge in [-0.2, -0.15) is 0 Å². The van der Waals surface area contributed by atoms with Crippen molar-refractivity contribution >= 4 is 34.3 Å². The number of carbonyl (C=O) groups excluding carboxylic acids is 3. The van der Waals surface area contributed by atoms with Crippen molar-refractivity contribution < 1.29 is 23.9 Å². The van der Waals surface area contributed by atoms with Gasteiger partial charge in [0.1, 0.15) is 0 Å². The minimum Gasteiger partial charge on any atom is -0.452 e. The van der Waals surface area contributed by atoms with Crippen molar-refractivity contribution in [3.63, 3.8) is 0 Å². The Labute approximate surface area is 162 Å². The average molecular weight is 395 g/mol. The van der Waals surface area contributed by atoms with Crippen LogP contribution in [0, 0.1) is 0 Å². The molecule has 148 valence electrons. The van der Waals surface area contributed by atoms with Crippen LogP contribution in [0.15, 0.2) is 5.38 Å². The van der Waals surface area contributed by atoms with Gasteiger partial charge >= 0.3 is 5.97 Å². The number of nitrogens with zero attached hydrogens (tertiary/aromatic N) is 3. The van der Waals surface area contributed by atoms with E-state index in [-0.39, 0.29) is 30.4 Å². The first kappa shape index (κ1) is 19.8. The van der Waals surface area contributed by atoms with Gasteiger partial charge in [0.25, 0.3) is 5.91 Å². The van der Waals surface area contributed by atoms with Crippen LogP contribution >= 0.6 is 11.3 Å². The summed E-state index contributed by atoms with van der Waals surface area (Å²) in [5.74, 6) is -0.659. The van der Waals surface area contributed by atoms with E-state index in [2.05, 4.69) is 4.98 Å². The summed E-state index contributed by atoms with van der Waals surface area (Å²) in [6, 6.07) is 0. The third-order valence-corrected chi connectivity index (χ3v) is 5.47. The van der Waals surface area contributed by atoms with E-state index in [1.54, 1.807) is 22.1 Å². The van der Waals surface area contributed by atoms with Crippen LogP contribution in [0.1, 0.15) is 39.3 Å². The number of anilines is 1. The Hall–Kier alpha value is -2.00. The van der Waals surface area contributed by atoms with Crippen LogP contribution in [0.25, 0.3) is 0 Å². The zero-order chi connectivity index (χ0) is 19.6. The Balaban J connectivity index is 1.52. The number of thiazole rings is 1. The molecule has 1 aromatic rings. The first-order chi connectivity index (χ1) is 12.8. The minimum atomic E-state index is -0.853. The first-order valence-electron chi connectivity index (χ1n) is 9.22. The molecule has 0 aromatic carbocycles. The van der Waals surface area contributed by atoms with Crippen LogP contribution in [0.2, 0.25) is 0 Å². The maximum absolute atomic E-state index is 12.5. The third-order valence-electron chi connectivity index (χ3n) is 4.56. The predicted molar refractivity (Wildman–Crippen MR) is 99.5 cm³/mol. The molecular weight excluding hydrogens is 370 g/mol. The number of esters is 1. The molecule has 2 aliphatic rings. The molecule has 3 atom stereocenters. The summed E-state index contributed by atoms with van der Waals surface area (Å²) < 4.78 is 10.9. The maximum atomic E-state index is 12.5. The second-order valence-corrected chi connectivity index (χ2v) is 7.92. The lowest BCUT2D eigenvalue weighted by molar-refractivity contribution is -0.164. The van der Waals surface area contributed by atoms with E-state index in [0.29, 0.717) is 36.9 Å². The molecule has 3 heterocycles. The standard InChI is InChI=1S/C18H25N3O5S/c1-11-8-20(9-12(2)25-11)17(24)13(3)26-16(23)7-14-10-27-18(19-14)21-6-4-5-15(21)22/h10-13H,4-9H2,1-3H3. The van der Waals surface area contributed by atoms with Crippen LogP contribution in [-0.4, -0.2) is 65.6 Å². The number of carbonyl (C=O) groups is 3. The average Bonchev–Trinajstić information content (AvgIpc) is 3.21. The minimum absolute atomic E-state index is 0.0218. The van der Waals surface area contributed by atoms with Crippen molar-refractivity contribution in [2.75, 3.05) is 24.5 Å². The largest absolute Gasteiger partial charge is 0.452 e. The van der Waals surface area contributed by atoms with Gasteiger partial charge in [-0.25, -0.2) is 4.98 Å². The monoisotopic (exact) mass is 395 g/mol. The summed E-state index contributed by atoms with van der Waals surface area (Å²) in [6.07, 6.45) is 0.410. The van der Waals surface area contributed by atoms with Crippen molar-refractivity contribution in [3.8, 4) is 0 Å². The fraction of sp³-hybridized carbons (Fsp3) is 0.667. The molecule has 2 saturated heterocycles. The SMILES string of the molecule is CC1CN(C(=O)C(C)OC(=O)Cc2csc(N3CCCC3=O)n2)CC(C)O1. The molecule has 2 amide bonds. The molecular formula is C18H25N3O5S. The summed E-state index contributed by atoms with van der Waals surface area (Å²) in [7, 11) is 0. The van der Waals surface area contributed by atoms with E-state index in [9.17, 15) is 14.4 Å². The molecule has 0 bridgehead atoms. The molecule has 0 spiro atoms. The van der Waals surface area contributed by atoms with Crippen LogP contribution in [0.3, 0.4) is 0 Å². The molecule has 0 aliphatic carbocycles. The highest BCUT2D eigenvalue weighted by atomic mass is 32.1. The first-order valence-corrected chi connectivity index (χ1v) is 10.1. The van der Waals surface area contributed by atoms with Gasteiger partial charge in [0.05, 0.1) is 24.3 Å². The van der Waals surface area contributed by atoms with Gasteiger partial charge in [-0.05, 0) is 27.2 Å². The van der Waals surface area contributed by atoms with Crippen molar-refractivity contribution in [1.82, 2.24) is 9.88 Å². The van der Waals surface area contributed by atoms with Gasteiger partial charge in [0.2, 0.25) is 5.91 Å². The van der Waals surface area contributed by atoms with E-state index in [1.807, 2.05) is 13.8 Å². The molecule has 0 N–H and O–H groups in total. The molecule has 2 aliphatic heterocycles. The molecule has 3 rings (SSSR count). The van der Waals surface area contributed by atoms with Crippen molar-refractivity contribution in [2.24, 2.45) is 0 Å². The van der Waals surface area contributed by atoms with E-state index in [0.717, 1.165) is 6.42 Å². The summed E-state index contributed by atoms with van der Waals surface area (Å²) in [4.78, 5) is 44.2. The molecule has 27 heavy (non-hydrogen) atoms. The van der Waals surface area contributed by atoms with Crippen molar-refractivity contribution in [3.05, 3.63) is 11.1 Å². The number of amides is 2. The molecule has 2 fully saturated rings. The Bertz CT molecular complexity index is 712. The van der Waals surface area contributed by atoms with Gasteiger partial charge < -0.3 is 14.4 Å². The predicted octanol–water partition coefficient (Wildman–Crippen LogP) is 1.38. The van der Waals surface area contributed by atoms with E-state index in [4.69, 9.17) is 9.47 Å². The van der Waals surface area contributed by atoms with Crippen molar-refractivity contribution in [1.29, 1.82) is 0 Å². The van der Waals surface area contributed by atoms with E-state index < -0.39 is 12.1 Å². The van der Waals surface area contributed by atoms with E-state index >= 15 is 0 Å². The Morgan fingerprint density at radius 3 is 2.70 bits per heavy atom. The Morgan fingerprint density at radius 1 is 1.37 bits per heavy atom. The number of hydrogen-bond donors (Lipinski definition) is 0. The summed E-state index contributed by atoms with van der Waals surface area (Å²) >= 11 is 1.34. The third kappa shape index (κ3) is 4.84. The number of ether oxygens (including phenoxy) is 2. The Kier molecular flexibility index (Phi) is 6.11. The highest BCUT2D eigenvalue weighted by molar-refractivity contribution is 7.14.